The van der Waals surface area contributed by atoms with Crippen molar-refractivity contribution in [1.29, 1.82) is 0 Å². The van der Waals surface area contributed by atoms with E-state index in [-0.39, 0.29) is 0 Å². The Labute approximate surface area is 71.0 Å². The Morgan fingerprint density at radius 2 is 1.11 bits per heavy atom. The third-order valence-electron chi connectivity index (χ3n) is 0.582. The van der Waals surface area contributed by atoms with Crippen LogP contribution in [-0.2, 0) is 0 Å². The SMILES string of the molecule is FC(F)(C(Cl)Cl)C(Cl)Cl. The summed E-state index contributed by atoms with van der Waals surface area (Å²) in [6.45, 7) is 0. The Hall–Kier alpha value is 1.02. The summed E-state index contributed by atoms with van der Waals surface area (Å²) in [5.41, 5.74) is 0. The molecule has 0 unspecified atom stereocenters. The minimum absolute atomic E-state index is 1.86. The van der Waals surface area contributed by atoms with Gasteiger partial charge in [-0.1, -0.05) is 46.4 Å². The van der Waals surface area contributed by atoms with E-state index in [2.05, 4.69) is 0 Å². The number of hydrogen-bond acceptors (Lipinski definition) is 0. The van der Waals surface area contributed by atoms with E-state index in [1.54, 1.807) is 0 Å². The highest BCUT2D eigenvalue weighted by molar-refractivity contribution is 6.49. The van der Waals surface area contributed by atoms with Crippen LogP contribution in [0.4, 0.5) is 8.78 Å². The van der Waals surface area contributed by atoms with E-state index in [1.807, 2.05) is 0 Å². The van der Waals surface area contributed by atoms with E-state index < -0.39 is 15.6 Å². The molecule has 0 aliphatic carbocycles. The van der Waals surface area contributed by atoms with E-state index in [4.69, 9.17) is 46.4 Å². The summed E-state index contributed by atoms with van der Waals surface area (Å²) >= 11 is 19.2. The topological polar surface area (TPSA) is 0 Å². The second kappa shape index (κ2) is 3.42. The molecule has 0 aliphatic heterocycles. The van der Waals surface area contributed by atoms with E-state index in [1.165, 1.54) is 0 Å². The number of halogens is 6. The first-order chi connectivity index (χ1) is 3.89. The molecule has 6 heteroatoms. The molecule has 0 N–H and O–H groups in total. The fraction of sp³-hybridized carbons (Fsp3) is 1.00. The van der Waals surface area contributed by atoms with Crippen molar-refractivity contribution in [3.05, 3.63) is 0 Å². The van der Waals surface area contributed by atoms with Crippen molar-refractivity contribution in [3.63, 3.8) is 0 Å². The zero-order valence-electron chi connectivity index (χ0n) is 3.92. The highest BCUT2D eigenvalue weighted by Crippen LogP contribution is 2.34. The molecule has 9 heavy (non-hydrogen) atoms. The number of hydrogen-bond donors (Lipinski definition) is 0. The second-order valence-electron chi connectivity index (χ2n) is 1.28. The van der Waals surface area contributed by atoms with Crippen molar-refractivity contribution >= 4 is 46.4 Å². The van der Waals surface area contributed by atoms with Gasteiger partial charge in [-0.3, -0.25) is 0 Å². The molecule has 0 rings (SSSR count). The van der Waals surface area contributed by atoms with Gasteiger partial charge in [0.1, 0.15) is 0 Å². The average molecular weight is 218 g/mol. The van der Waals surface area contributed by atoms with Crippen LogP contribution in [0.15, 0.2) is 0 Å². The first-order valence-electron chi connectivity index (χ1n) is 1.83. The smallest absolute Gasteiger partial charge is 0.201 e. The molecule has 0 radical (unpaired) electrons. The van der Waals surface area contributed by atoms with Gasteiger partial charge in [-0.2, -0.15) is 0 Å². The largest absolute Gasteiger partial charge is 0.307 e. The Bertz CT molecular complexity index is 81.8. The Kier molecular flexibility index (Phi) is 3.81. The molecule has 0 saturated carbocycles. The Morgan fingerprint density at radius 3 is 1.11 bits per heavy atom. The van der Waals surface area contributed by atoms with Crippen molar-refractivity contribution in [1.82, 2.24) is 0 Å². The van der Waals surface area contributed by atoms with Crippen LogP contribution in [0.3, 0.4) is 0 Å². The summed E-state index contributed by atoms with van der Waals surface area (Å²) in [7, 11) is 0. The molecule has 0 saturated heterocycles. The molecule has 0 aliphatic rings. The van der Waals surface area contributed by atoms with Gasteiger partial charge in [0.25, 0.3) is 0 Å². The molecule has 0 aromatic rings. The van der Waals surface area contributed by atoms with Crippen LogP contribution in [0.25, 0.3) is 0 Å². The van der Waals surface area contributed by atoms with Gasteiger partial charge in [0.2, 0.25) is 0 Å². The molecule has 0 spiro atoms. The van der Waals surface area contributed by atoms with Crippen molar-refractivity contribution in [2.45, 2.75) is 15.6 Å². The zero-order valence-corrected chi connectivity index (χ0v) is 6.95. The lowest BCUT2D eigenvalue weighted by molar-refractivity contribution is 0.0306. The first-order valence-corrected chi connectivity index (χ1v) is 3.57. The first kappa shape index (κ1) is 10.0. The van der Waals surface area contributed by atoms with Gasteiger partial charge < -0.3 is 0 Å². The summed E-state index contributed by atoms with van der Waals surface area (Å²) in [6, 6.07) is 0. The standard InChI is InChI=1S/C3H2Cl4F2/c4-1(5)3(8,9)2(6)7/h1-2H. The summed E-state index contributed by atoms with van der Waals surface area (Å²) in [6.07, 6.45) is 0. The molecular formula is C3H2Cl4F2. The molecule has 0 aromatic heterocycles. The van der Waals surface area contributed by atoms with E-state index in [0.717, 1.165) is 0 Å². The summed E-state index contributed by atoms with van der Waals surface area (Å²) in [5, 5.41) is 0. The maximum Gasteiger partial charge on any atom is 0.307 e. The quantitative estimate of drug-likeness (QED) is 0.624. The fourth-order valence-corrected chi connectivity index (χ4v) is 0.857. The number of rotatable bonds is 2. The van der Waals surface area contributed by atoms with Crippen molar-refractivity contribution < 1.29 is 8.78 Å². The van der Waals surface area contributed by atoms with Crippen LogP contribution in [0.1, 0.15) is 0 Å². The van der Waals surface area contributed by atoms with Gasteiger partial charge >= 0.3 is 5.92 Å². The lowest BCUT2D eigenvalue weighted by atomic mass is 10.4. The summed E-state index contributed by atoms with van der Waals surface area (Å²) < 4.78 is 24.3. The normalized spacial score (nSPS) is 13.3. The van der Waals surface area contributed by atoms with Gasteiger partial charge in [-0.25, -0.2) is 8.78 Å². The highest BCUT2D eigenvalue weighted by Gasteiger charge is 2.43. The summed E-state index contributed by atoms with van der Waals surface area (Å²) in [5.74, 6) is -3.44. The molecule has 0 fully saturated rings. The van der Waals surface area contributed by atoms with Crippen LogP contribution >= 0.6 is 46.4 Å². The van der Waals surface area contributed by atoms with Crippen LogP contribution in [-0.4, -0.2) is 15.6 Å². The maximum absolute atomic E-state index is 12.1. The molecule has 0 aromatic carbocycles. The van der Waals surface area contributed by atoms with E-state index in [9.17, 15) is 8.78 Å². The van der Waals surface area contributed by atoms with E-state index in [0.29, 0.717) is 0 Å². The van der Waals surface area contributed by atoms with Gasteiger partial charge in [0.15, 0.2) is 9.67 Å². The maximum atomic E-state index is 12.1. The molecular weight excluding hydrogens is 216 g/mol. The van der Waals surface area contributed by atoms with Crippen LogP contribution < -0.4 is 0 Å². The Morgan fingerprint density at radius 1 is 0.889 bits per heavy atom. The molecule has 0 heterocycles. The second-order valence-corrected chi connectivity index (χ2v) is 3.47. The average Bonchev–Trinajstić information content (AvgIpc) is 1.65. The zero-order chi connectivity index (χ0) is 7.65. The van der Waals surface area contributed by atoms with Gasteiger partial charge in [-0.05, 0) is 0 Å². The van der Waals surface area contributed by atoms with Crippen molar-refractivity contribution in [2.24, 2.45) is 0 Å². The molecule has 0 bridgehead atoms. The molecule has 0 amide bonds. The van der Waals surface area contributed by atoms with Crippen LogP contribution in [0.2, 0.25) is 0 Å². The van der Waals surface area contributed by atoms with Gasteiger partial charge in [0.05, 0.1) is 0 Å². The highest BCUT2D eigenvalue weighted by atomic mass is 35.5. The predicted molar refractivity (Wildman–Crippen MR) is 35.9 cm³/mol. The molecule has 0 nitrogen and oxygen atoms in total. The number of alkyl halides is 6. The molecule has 56 valence electrons. The van der Waals surface area contributed by atoms with Crippen LogP contribution in [0, 0.1) is 0 Å². The van der Waals surface area contributed by atoms with Crippen molar-refractivity contribution in [2.75, 3.05) is 0 Å². The molecule has 0 atom stereocenters. The lowest BCUT2D eigenvalue weighted by Gasteiger charge is -2.17. The van der Waals surface area contributed by atoms with Crippen LogP contribution in [0.5, 0.6) is 0 Å². The fourth-order valence-electron chi connectivity index (χ4n) is 0.0952. The third-order valence-corrected chi connectivity index (χ3v) is 1.75. The lowest BCUT2D eigenvalue weighted by Crippen LogP contribution is -2.32. The van der Waals surface area contributed by atoms with E-state index >= 15 is 0 Å². The summed E-state index contributed by atoms with van der Waals surface area (Å²) in [4.78, 5) is -3.73. The monoisotopic (exact) mass is 216 g/mol. The third kappa shape index (κ3) is 2.62. The minimum atomic E-state index is -3.44. The van der Waals surface area contributed by atoms with Gasteiger partial charge in [-0.15, -0.1) is 0 Å². The Balaban J connectivity index is 4.01. The predicted octanol–water partition coefficient (Wildman–Crippen LogP) is 3.23. The van der Waals surface area contributed by atoms with Crippen molar-refractivity contribution in [3.8, 4) is 0 Å². The van der Waals surface area contributed by atoms with Gasteiger partial charge in [0, 0.05) is 0 Å². The minimum Gasteiger partial charge on any atom is -0.201 e.